The zero-order chi connectivity index (χ0) is 20.6. The first-order valence-corrected chi connectivity index (χ1v) is 8.32. The molecule has 0 radical (unpaired) electrons. The summed E-state index contributed by atoms with van der Waals surface area (Å²) in [6.07, 6.45) is -1.77. The van der Waals surface area contributed by atoms with Gasteiger partial charge in [-0.2, -0.15) is 0 Å². The number of urea groups is 1. The van der Waals surface area contributed by atoms with Crippen molar-refractivity contribution in [1.82, 2.24) is 15.2 Å². The lowest BCUT2D eigenvalue weighted by Crippen LogP contribution is -2.39. The number of rotatable bonds is 5. The van der Waals surface area contributed by atoms with Gasteiger partial charge in [0.1, 0.15) is 28.4 Å². The standard InChI is InChI=1S/C17H13ClF4N4O2/c18-12-9(19)3-2-8(13(12)20)14(7-1-4-10(15(21)22)24-5-7)26-6-11(16(23)27)25-17(26)28/h1-5,11,14-15H,6H2,(H2,23,27)(H,25,28)/t11?,14-/m0/s1. The molecule has 2 atom stereocenters. The maximum Gasteiger partial charge on any atom is 0.318 e. The second kappa shape index (κ2) is 7.63. The number of nitrogens with one attached hydrogen (secondary N) is 1. The molecule has 1 saturated heterocycles. The van der Waals surface area contributed by atoms with Crippen LogP contribution in [0.25, 0.3) is 0 Å². The first kappa shape index (κ1) is 19.9. The van der Waals surface area contributed by atoms with E-state index in [0.717, 1.165) is 29.3 Å². The van der Waals surface area contributed by atoms with E-state index < -0.39 is 52.8 Å². The summed E-state index contributed by atoms with van der Waals surface area (Å²) in [5, 5.41) is 1.55. The van der Waals surface area contributed by atoms with Crippen LogP contribution in [0.4, 0.5) is 22.4 Å². The molecule has 28 heavy (non-hydrogen) atoms. The van der Waals surface area contributed by atoms with Gasteiger partial charge in [-0.05, 0) is 17.7 Å². The highest BCUT2D eigenvalue weighted by molar-refractivity contribution is 6.31. The topological polar surface area (TPSA) is 88.3 Å². The smallest absolute Gasteiger partial charge is 0.318 e. The fourth-order valence-electron chi connectivity index (χ4n) is 2.93. The maximum absolute atomic E-state index is 14.7. The second-order valence-corrected chi connectivity index (χ2v) is 6.42. The number of hydrogen-bond acceptors (Lipinski definition) is 3. The number of nitrogens with two attached hydrogens (primary N) is 1. The number of aromatic nitrogens is 1. The van der Waals surface area contributed by atoms with E-state index in [-0.39, 0.29) is 17.7 Å². The second-order valence-electron chi connectivity index (χ2n) is 6.04. The molecule has 11 heteroatoms. The van der Waals surface area contributed by atoms with E-state index in [1.54, 1.807) is 0 Å². The van der Waals surface area contributed by atoms with Crippen molar-refractivity contribution in [1.29, 1.82) is 0 Å². The van der Waals surface area contributed by atoms with Gasteiger partial charge >= 0.3 is 6.03 Å². The maximum atomic E-state index is 14.7. The Balaban J connectivity index is 2.11. The van der Waals surface area contributed by atoms with Crippen molar-refractivity contribution >= 4 is 23.5 Å². The third kappa shape index (κ3) is 3.59. The summed E-state index contributed by atoms with van der Waals surface area (Å²) in [5.41, 5.74) is 4.66. The number of nitrogens with zero attached hydrogens (tertiary/aromatic N) is 2. The summed E-state index contributed by atoms with van der Waals surface area (Å²) >= 11 is 5.65. The Morgan fingerprint density at radius 3 is 2.54 bits per heavy atom. The van der Waals surface area contributed by atoms with Crippen molar-refractivity contribution in [3.63, 3.8) is 0 Å². The Bertz CT molecular complexity index is 926. The van der Waals surface area contributed by atoms with Gasteiger partial charge in [-0.15, -0.1) is 0 Å². The Hall–Kier alpha value is -2.88. The summed E-state index contributed by atoms with van der Waals surface area (Å²) < 4.78 is 53.8. The molecular weight excluding hydrogens is 404 g/mol. The molecular formula is C17H13ClF4N4O2. The summed E-state index contributed by atoms with van der Waals surface area (Å²) in [6.45, 7) is -0.218. The van der Waals surface area contributed by atoms with Crippen LogP contribution in [0.5, 0.6) is 0 Å². The third-order valence-electron chi connectivity index (χ3n) is 4.30. The zero-order valence-electron chi connectivity index (χ0n) is 14.0. The molecule has 1 fully saturated rings. The molecule has 1 aromatic heterocycles. The van der Waals surface area contributed by atoms with Gasteiger partial charge in [0.2, 0.25) is 5.91 Å². The number of pyridine rings is 1. The van der Waals surface area contributed by atoms with Crippen molar-refractivity contribution in [2.24, 2.45) is 5.73 Å². The molecule has 2 aromatic rings. The molecule has 0 spiro atoms. The number of alkyl halides is 2. The SMILES string of the molecule is NC(=O)C1CN([C@@H](c2ccc(C(F)F)nc2)c2ccc(F)c(Cl)c2F)C(=O)N1. The molecule has 1 aliphatic rings. The largest absolute Gasteiger partial charge is 0.368 e. The van der Waals surface area contributed by atoms with Crippen molar-refractivity contribution in [2.75, 3.05) is 6.54 Å². The molecule has 0 aliphatic carbocycles. The number of benzene rings is 1. The fraction of sp³-hybridized carbons (Fsp3) is 0.235. The number of halogens is 5. The average Bonchev–Trinajstić information content (AvgIpc) is 3.04. The highest BCUT2D eigenvalue weighted by Crippen LogP contribution is 2.35. The van der Waals surface area contributed by atoms with E-state index in [0.29, 0.717) is 0 Å². The van der Waals surface area contributed by atoms with Crippen molar-refractivity contribution < 1.29 is 27.2 Å². The van der Waals surface area contributed by atoms with E-state index in [2.05, 4.69) is 10.3 Å². The van der Waals surface area contributed by atoms with Crippen LogP contribution in [0.1, 0.15) is 29.3 Å². The lowest BCUT2D eigenvalue weighted by Gasteiger charge is -2.28. The normalized spacial score (nSPS) is 17.7. The van der Waals surface area contributed by atoms with Crippen LogP contribution in [0.2, 0.25) is 5.02 Å². The number of hydrogen-bond donors (Lipinski definition) is 2. The average molecular weight is 417 g/mol. The van der Waals surface area contributed by atoms with E-state index in [1.807, 2.05) is 0 Å². The van der Waals surface area contributed by atoms with Crippen LogP contribution in [0.3, 0.4) is 0 Å². The van der Waals surface area contributed by atoms with Crippen molar-refractivity contribution in [2.45, 2.75) is 18.5 Å². The fourth-order valence-corrected chi connectivity index (χ4v) is 3.10. The summed E-state index contributed by atoms with van der Waals surface area (Å²) in [6, 6.07) is 1.26. The van der Waals surface area contributed by atoms with Gasteiger partial charge in [0.05, 0.1) is 12.6 Å². The van der Waals surface area contributed by atoms with Gasteiger partial charge in [-0.25, -0.2) is 22.4 Å². The lowest BCUT2D eigenvalue weighted by molar-refractivity contribution is -0.119. The minimum atomic E-state index is -2.82. The molecule has 148 valence electrons. The van der Waals surface area contributed by atoms with Gasteiger partial charge in [0, 0.05) is 11.8 Å². The summed E-state index contributed by atoms with van der Waals surface area (Å²) in [5.74, 6) is -2.94. The molecule has 0 bridgehead atoms. The predicted molar refractivity (Wildman–Crippen MR) is 90.6 cm³/mol. The minimum absolute atomic E-state index is 0.159. The van der Waals surface area contributed by atoms with E-state index in [1.165, 1.54) is 6.07 Å². The molecule has 2 heterocycles. The highest BCUT2D eigenvalue weighted by Gasteiger charge is 2.39. The van der Waals surface area contributed by atoms with Gasteiger partial charge in [0.25, 0.3) is 6.43 Å². The minimum Gasteiger partial charge on any atom is -0.368 e. The van der Waals surface area contributed by atoms with E-state index in [4.69, 9.17) is 17.3 Å². The number of carbonyl (C=O) groups excluding carboxylic acids is 2. The van der Waals surface area contributed by atoms with Crippen LogP contribution >= 0.6 is 11.6 Å². The Labute approximate surface area is 161 Å². The van der Waals surface area contributed by atoms with Gasteiger partial charge in [-0.1, -0.05) is 23.7 Å². The summed E-state index contributed by atoms with van der Waals surface area (Å²) in [4.78, 5) is 28.5. The quantitative estimate of drug-likeness (QED) is 0.580. The van der Waals surface area contributed by atoms with E-state index >= 15 is 0 Å². The van der Waals surface area contributed by atoms with Crippen LogP contribution < -0.4 is 11.1 Å². The first-order chi connectivity index (χ1) is 13.2. The molecule has 3 N–H and O–H groups in total. The zero-order valence-corrected chi connectivity index (χ0v) is 14.8. The molecule has 1 unspecified atom stereocenters. The first-order valence-electron chi connectivity index (χ1n) is 7.94. The molecule has 6 nitrogen and oxygen atoms in total. The molecule has 3 rings (SSSR count). The Morgan fingerprint density at radius 1 is 1.29 bits per heavy atom. The molecule has 3 amide bonds. The molecule has 1 aromatic carbocycles. The predicted octanol–water partition coefficient (Wildman–Crippen LogP) is 2.92. The van der Waals surface area contributed by atoms with E-state index in [9.17, 15) is 27.2 Å². The summed E-state index contributed by atoms with van der Waals surface area (Å²) in [7, 11) is 0. The van der Waals surface area contributed by atoms with Gasteiger partial charge in [-0.3, -0.25) is 9.78 Å². The monoisotopic (exact) mass is 416 g/mol. The highest BCUT2D eigenvalue weighted by atomic mass is 35.5. The van der Waals surface area contributed by atoms with Gasteiger partial charge < -0.3 is 16.0 Å². The van der Waals surface area contributed by atoms with Crippen molar-refractivity contribution in [3.05, 3.63) is 63.9 Å². The van der Waals surface area contributed by atoms with Crippen LogP contribution in [0.15, 0.2) is 30.5 Å². The number of amides is 3. The molecule has 1 aliphatic heterocycles. The number of primary amides is 1. The van der Waals surface area contributed by atoms with Crippen LogP contribution in [-0.4, -0.2) is 34.4 Å². The van der Waals surface area contributed by atoms with Gasteiger partial charge in [0.15, 0.2) is 0 Å². The van der Waals surface area contributed by atoms with Crippen LogP contribution in [0, 0.1) is 11.6 Å². The van der Waals surface area contributed by atoms with Crippen molar-refractivity contribution in [3.8, 4) is 0 Å². The lowest BCUT2D eigenvalue weighted by atomic mass is 9.97. The Kier molecular flexibility index (Phi) is 5.41. The molecule has 0 saturated carbocycles. The Morgan fingerprint density at radius 2 is 2.00 bits per heavy atom. The third-order valence-corrected chi connectivity index (χ3v) is 4.65. The number of carbonyl (C=O) groups is 2. The van der Waals surface area contributed by atoms with Crippen LogP contribution in [-0.2, 0) is 4.79 Å².